The molecule has 5 aromatic rings. The Labute approximate surface area is 453 Å². The number of aliphatic hydroxyl groups excluding tert-OH is 1. The van der Waals surface area contributed by atoms with Crippen LogP contribution in [0.4, 0.5) is 29.3 Å². The lowest BCUT2D eigenvalue weighted by atomic mass is 9.84. The number of rotatable bonds is 20. The summed E-state index contributed by atoms with van der Waals surface area (Å²) in [6.07, 6.45) is 0.796. The van der Waals surface area contributed by atoms with Gasteiger partial charge in [0.2, 0.25) is 0 Å². The summed E-state index contributed by atoms with van der Waals surface area (Å²) in [5.74, 6) is -0.802. The Morgan fingerprint density at radius 1 is 0.842 bits per heavy atom. The van der Waals surface area contributed by atoms with Crippen molar-refractivity contribution in [3.8, 4) is 11.1 Å². The Bertz CT molecular complexity index is 3000. The average Bonchev–Trinajstić information content (AvgIpc) is 3.39. The van der Waals surface area contributed by atoms with Gasteiger partial charge in [-0.25, -0.2) is 26.4 Å². The first kappa shape index (κ1) is 58.3. The summed E-state index contributed by atoms with van der Waals surface area (Å²) in [4.78, 5) is 31.8. The predicted molar refractivity (Wildman–Crippen MR) is 293 cm³/mol. The lowest BCUT2D eigenvalue weighted by Gasteiger charge is -2.46. The third-order valence-electron chi connectivity index (χ3n) is 14.2. The molecule has 2 aliphatic rings. The second kappa shape index (κ2) is 25.0. The fourth-order valence-corrected chi connectivity index (χ4v) is 13.0. The van der Waals surface area contributed by atoms with Gasteiger partial charge in [-0.2, -0.15) is 13.2 Å². The number of sulfone groups is 1. The highest BCUT2D eigenvalue weighted by atomic mass is 35.5. The normalized spacial score (nSPS) is 17.1. The molecule has 0 radical (unpaired) electrons. The van der Waals surface area contributed by atoms with Crippen LogP contribution >= 0.6 is 23.4 Å². The maximum atomic E-state index is 14.4. The number of carboxylic acid groups (broad SMARTS) is 1. The van der Waals surface area contributed by atoms with E-state index in [9.17, 15) is 49.8 Å². The van der Waals surface area contributed by atoms with Crippen LogP contribution in [0.5, 0.6) is 0 Å². The summed E-state index contributed by atoms with van der Waals surface area (Å²) in [6.45, 7) is 10.7. The standard InChI is InChI=1S/C55H66ClF3N6O8S3/c1-54(2,3)50-36-65(53(68)69)34-33-64(50)29-10-28-62(4)30-27-42(37-74-44-11-6-5-7-12-44)60-48-24-23-45(35-49(48)75(70,71)55(57,58)59)76(72,73)61-52(67)40-17-21-43(22-18-40)63-31-25-39(26-32-63)51(66)47-14-9-8-13-46(47)38-15-19-41(56)20-16-38/h5-9,11-24,35,39,42,50-51,60,66H,10,25-34,36-37H2,1-4H3,(H,61,67)(H,68,69)/t42?,50?,51-/m0/s1. The van der Waals surface area contributed by atoms with Gasteiger partial charge in [0.05, 0.1) is 16.7 Å². The molecule has 410 valence electrons. The van der Waals surface area contributed by atoms with E-state index < -0.39 is 65.0 Å². The van der Waals surface area contributed by atoms with E-state index in [1.807, 2.05) is 90.6 Å². The number of aliphatic hydroxyl groups is 1. The third-order valence-corrected chi connectivity index (χ3v) is 18.4. The van der Waals surface area contributed by atoms with Crippen LogP contribution in [0.15, 0.2) is 136 Å². The minimum Gasteiger partial charge on any atom is -0.465 e. The molecule has 0 saturated carbocycles. The molecular weight excluding hydrogens is 1060 g/mol. The Balaban J connectivity index is 1.00. The molecule has 3 atom stereocenters. The van der Waals surface area contributed by atoms with Crippen molar-refractivity contribution in [1.29, 1.82) is 0 Å². The smallest absolute Gasteiger partial charge is 0.465 e. The number of benzene rings is 5. The summed E-state index contributed by atoms with van der Waals surface area (Å²) in [5, 5.41) is 24.8. The molecule has 2 amide bonds. The number of carbonyl (C=O) groups excluding carboxylic acids is 1. The SMILES string of the molecule is CN(CCCN1CCN(C(=O)O)CC1C(C)(C)C)CCC(CSc1ccccc1)Nc1ccc(S(=O)(=O)NC(=O)c2ccc(N3CCC([C@H](O)c4ccccc4-c4ccc(Cl)cc4)CC3)cc2)cc1S(=O)(=O)C(F)(F)F. The summed E-state index contributed by atoms with van der Waals surface area (Å²) < 4.78 is 99.0. The number of piperazine rings is 1. The van der Waals surface area contributed by atoms with Gasteiger partial charge < -0.3 is 30.2 Å². The van der Waals surface area contributed by atoms with E-state index in [-0.39, 0.29) is 22.9 Å². The van der Waals surface area contributed by atoms with E-state index in [2.05, 4.69) is 40.8 Å². The van der Waals surface area contributed by atoms with Crippen LogP contribution < -0.4 is 14.9 Å². The molecule has 7 rings (SSSR count). The molecule has 2 aliphatic heterocycles. The number of amides is 2. The summed E-state index contributed by atoms with van der Waals surface area (Å²) in [5.41, 5.74) is -3.03. The maximum Gasteiger partial charge on any atom is 0.501 e. The van der Waals surface area contributed by atoms with Crippen LogP contribution in [0.25, 0.3) is 11.1 Å². The van der Waals surface area contributed by atoms with Crippen LogP contribution in [0, 0.1) is 11.3 Å². The highest BCUT2D eigenvalue weighted by Gasteiger charge is 2.48. The quantitative estimate of drug-likeness (QED) is 0.0542. The fourth-order valence-electron chi connectivity index (χ4n) is 9.82. The van der Waals surface area contributed by atoms with Gasteiger partial charge in [-0.1, -0.05) is 87.0 Å². The van der Waals surface area contributed by atoms with Crippen LogP contribution in [-0.2, 0) is 19.9 Å². The molecule has 2 saturated heterocycles. The van der Waals surface area contributed by atoms with Gasteiger partial charge in [0.25, 0.3) is 25.8 Å². The van der Waals surface area contributed by atoms with Crippen molar-refractivity contribution in [3.05, 3.63) is 137 Å². The summed E-state index contributed by atoms with van der Waals surface area (Å²) in [7, 11) is -9.14. The number of hydrogen-bond donors (Lipinski definition) is 4. The molecule has 2 heterocycles. The summed E-state index contributed by atoms with van der Waals surface area (Å²) in [6, 6.07) is 32.4. The van der Waals surface area contributed by atoms with Crippen molar-refractivity contribution in [2.45, 2.75) is 84.8 Å². The number of piperidine rings is 1. The van der Waals surface area contributed by atoms with Crippen molar-refractivity contribution in [2.75, 3.05) is 75.4 Å². The first-order valence-corrected chi connectivity index (χ1v) is 29.5. The number of sulfonamides is 1. The number of thioether (sulfide) groups is 1. The number of nitrogens with zero attached hydrogens (tertiary/aromatic N) is 4. The van der Waals surface area contributed by atoms with Crippen molar-refractivity contribution < 1.29 is 49.8 Å². The van der Waals surface area contributed by atoms with Gasteiger partial charge in [0.15, 0.2) is 0 Å². The van der Waals surface area contributed by atoms with E-state index in [1.165, 1.54) is 28.8 Å². The molecule has 0 bridgehead atoms. The van der Waals surface area contributed by atoms with Gasteiger partial charge in [0.1, 0.15) is 4.90 Å². The topological polar surface area (TPSA) is 180 Å². The molecule has 5 aromatic carbocycles. The monoisotopic (exact) mass is 1130 g/mol. The minimum absolute atomic E-state index is 0.0185. The van der Waals surface area contributed by atoms with Crippen molar-refractivity contribution in [3.63, 3.8) is 0 Å². The molecule has 2 fully saturated rings. The zero-order valence-electron chi connectivity index (χ0n) is 42.9. The highest BCUT2D eigenvalue weighted by molar-refractivity contribution is 7.99. The van der Waals surface area contributed by atoms with Gasteiger partial charge in [-0.05, 0) is 147 Å². The molecule has 4 N–H and O–H groups in total. The third kappa shape index (κ3) is 14.8. The highest BCUT2D eigenvalue weighted by Crippen LogP contribution is 2.39. The Hall–Kier alpha value is -5.35. The minimum atomic E-state index is -6.13. The van der Waals surface area contributed by atoms with E-state index >= 15 is 0 Å². The van der Waals surface area contributed by atoms with Crippen LogP contribution in [0.2, 0.25) is 5.02 Å². The molecule has 14 nitrogen and oxygen atoms in total. The van der Waals surface area contributed by atoms with E-state index in [1.54, 1.807) is 12.1 Å². The van der Waals surface area contributed by atoms with E-state index in [0.29, 0.717) is 81.9 Å². The zero-order valence-corrected chi connectivity index (χ0v) is 46.1. The van der Waals surface area contributed by atoms with Gasteiger partial charge in [-0.3, -0.25) is 9.69 Å². The molecule has 76 heavy (non-hydrogen) atoms. The molecular formula is C55H66ClF3N6O8S3. The van der Waals surface area contributed by atoms with Gasteiger partial charge in [-0.15, -0.1) is 11.8 Å². The average molecular weight is 1130 g/mol. The van der Waals surface area contributed by atoms with Crippen molar-refractivity contribution in [1.82, 2.24) is 19.4 Å². The number of hydrogen-bond acceptors (Lipinski definition) is 12. The Morgan fingerprint density at radius 3 is 2.14 bits per heavy atom. The second-order valence-corrected chi connectivity index (χ2v) is 25.6. The molecule has 2 unspecified atom stereocenters. The van der Waals surface area contributed by atoms with Crippen molar-refractivity contribution >= 4 is 66.6 Å². The van der Waals surface area contributed by atoms with E-state index in [4.69, 9.17) is 11.6 Å². The maximum absolute atomic E-state index is 14.4. The first-order valence-electron chi connectivity index (χ1n) is 25.2. The van der Waals surface area contributed by atoms with Crippen LogP contribution in [0.3, 0.4) is 0 Å². The zero-order chi connectivity index (χ0) is 55.0. The van der Waals surface area contributed by atoms with E-state index in [0.717, 1.165) is 52.4 Å². The van der Waals surface area contributed by atoms with Crippen LogP contribution in [-0.4, -0.2) is 136 Å². The fraction of sp³-hybridized carbons (Fsp3) is 0.418. The molecule has 0 aliphatic carbocycles. The number of carbonyl (C=O) groups is 2. The molecule has 0 aromatic heterocycles. The van der Waals surface area contributed by atoms with Gasteiger partial charge >= 0.3 is 11.6 Å². The van der Waals surface area contributed by atoms with Crippen molar-refractivity contribution in [2.24, 2.45) is 11.3 Å². The largest absolute Gasteiger partial charge is 0.501 e. The first-order chi connectivity index (χ1) is 35.9. The predicted octanol–water partition coefficient (Wildman–Crippen LogP) is 10.4. The molecule has 0 spiro atoms. The van der Waals surface area contributed by atoms with Gasteiger partial charge in [0, 0.05) is 71.7 Å². The lowest BCUT2D eigenvalue weighted by Crippen LogP contribution is -2.59. The Kier molecular flexibility index (Phi) is 19.2. The number of anilines is 2. The number of nitrogens with one attached hydrogen (secondary N) is 2. The van der Waals surface area contributed by atoms with Crippen LogP contribution in [0.1, 0.15) is 68.5 Å². The second-order valence-electron chi connectivity index (χ2n) is 20.5. The number of halogens is 4. The number of alkyl halides is 3. The Morgan fingerprint density at radius 2 is 1.50 bits per heavy atom. The summed E-state index contributed by atoms with van der Waals surface area (Å²) >= 11 is 7.53. The lowest BCUT2D eigenvalue weighted by molar-refractivity contribution is -0.0436. The molecule has 21 heteroatoms.